The SMILES string of the molecule is CC(CCCO)NC(=O)c1ccc(Oc2ccccc2)o1. The minimum absolute atomic E-state index is 0.0201. The van der Waals surface area contributed by atoms with E-state index in [9.17, 15) is 4.79 Å². The number of rotatable bonds is 7. The Morgan fingerprint density at radius 1 is 1.29 bits per heavy atom. The van der Waals surface area contributed by atoms with E-state index in [2.05, 4.69) is 5.32 Å². The number of para-hydroxylation sites is 1. The number of amides is 1. The Labute approximate surface area is 123 Å². The molecule has 1 aromatic heterocycles. The number of nitrogens with one attached hydrogen (secondary N) is 1. The average molecular weight is 289 g/mol. The standard InChI is InChI=1S/C16H19NO4/c1-12(6-5-11-18)17-16(19)14-9-10-15(21-14)20-13-7-3-2-4-8-13/h2-4,7-10,12,18H,5-6,11H2,1H3,(H,17,19). The highest BCUT2D eigenvalue weighted by atomic mass is 16.6. The summed E-state index contributed by atoms with van der Waals surface area (Å²) in [5, 5.41) is 11.6. The second kappa shape index (κ2) is 7.50. The zero-order valence-electron chi connectivity index (χ0n) is 11.9. The van der Waals surface area contributed by atoms with Crippen molar-refractivity contribution >= 4 is 5.91 Å². The number of aliphatic hydroxyl groups excluding tert-OH is 1. The molecule has 0 fully saturated rings. The van der Waals surface area contributed by atoms with Crippen molar-refractivity contribution < 1.29 is 19.1 Å². The van der Waals surface area contributed by atoms with Gasteiger partial charge in [0.05, 0.1) is 0 Å². The van der Waals surface area contributed by atoms with Crippen LogP contribution in [0.15, 0.2) is 46.9 Å². The summed E-state index contributed by atoms with van der Waals surface area (Å²) in [5.41, 5.74) is 0. The molecule has 0 aliphatic heterocycles. The summed E-state index contributed by atoms with van der Waals surface area (Å²) < 4.78 is 10.9. The summed E-state index contributed by atoms with van der Waals surface area (Å²) in [6, 6.07) is 12.4. The predicted molar refractivity (Wildman–Crippen MR) is 78.5 cm³/mol. The van der Waals surface area contributed by atoms with Crippen LogP contribution >= 0.6 is 0 Å². The minimum atomic E-state index is -0.289. The van der Waals surface area contributed by atoms with E-state index in [4.69, 9.17) is 14.3 Å². The first-order valence-corrected chi connectivity index (χ1v) is 6.93. The van der Waals surface area contributed by atoms with Crippen molar-refractivity contribution in [3.8, 4) is 11.7 Å². The van der Waals surface area contributed by atoms with Gasteiger partial charge in [-0.15, -0.1) is 0 Å². The topological polar surface area (TPSA) is 71.7 Å². The summed E-state index contributed by atoms with van der Waals surface area (Å²) in [4.78, 5) is 12.0. The number of carbonyl (C=O) groups is 1. The van der Waals surface area contributed by atoms with Gasteiger partial charge in [0.15, 0.2) is 5.76 Å². The highest BCUT2D eigenvalue weighted by Gasteiger charge is 2.14. The quantitative estimate of drug-likeness (QED) is 0.822. The van der Waals surface area contributed by atoms with Crippen molar-refractivity contribution in [1.82, 2.24) is 5.32 Å². The van der Waals surface area contributed by atoms with E-state index >= 15 is 0 Å². The molecule has 5 nitrogen and oxygen atoms in total. The molecule has 0 bridgehead atoms. The molecule has 1 aromatic carbocycles. The number of hydrogen-bond donors (Lipinski definition) is 2. The summed E-state index contributed by atoms with van der Waals surface area (Å²) in [6.07, 6.45) is 1.37. The normalized spacial score (nSPS) is 11.9. The first-order valence-electron chi connectivity index (χ1n) is 6.93. The van der Waals surface area contributed by atoms with Gasteiger partial charge in [-0.05, 0) is 38.0 Å². The van der Waals surface area contributed by atoms with Gasteiger partial charge in [-0.2, -0.15) is 0 Å². The Kier molecular flexibility index (Phi) is 5.40. The maximum atomic E-state index is 12.0. The second-order valence-electron chi connectivity index (χ2n) is 4.77. The fourth-order valence-corrected chi connectivity index (χ4v) is 1.87. The zero-order chi connectivity index (χ0) is 15.1. The van der Waals surface area contributed by atoms with Crippen LogP contribution in [0.1, 0.15) is 30.3 Å². The van der Waals surface area contributed by atoms with Gasteiger partial charge in [0, 0.05) is 18.7 Å². The number of carbonyl (C=O) groups excluding carboxylic acids is 1. The monoisotopic (exact) mass is 289 g/mol. The molecule has 21 heavy (non-hydrogen) atoms. The fraction of sp³-hybridized carbons (Fsp3) is 0.312. The number of ether oxygens (including phenoxy) is 1. The van der Waals surface area contributed by atoms with Gasteiger partial charge in [0.1, 0.15) is 5.75 Å². The lowest BCUT2D eigenvalue weighted by Crippen LogP contribution is -2.32. The first-order chi connectivity index (χ1) is 10.2. The van der Waals surface area contributed by atoms with Crippen LogP contribution in [-0.2, 0) is 0 Å². The van der Waals surface area contributed by atoms with Crippen LogP contribution in [0.4, 0.5) is 0 Å². The Bertz CT molecular complexity index is 565. The second-order valence-corrected chi connectivity index (χ2v) is 4.77. The molecule has 0 spiro atoms. The van der Waals surface area contributed by atoms with Crippen LogP contribution in [0, 0.1) is 0 Å². The van der Waals surface area contributed by atoms with Gasteiger partial charge in [-0.1, -0.05) is 18.2 Å². The Morgan fingerprint density at radius 2 is 2.05 bits per heavy atom. The Morgan fingerprint density at radius 3 is 2.76 bits per heavy atom. The van der Waals surface area contributed by atoms with Crippen LogP contribution < -0.4 is 10.1 Å². The molecule has 1 heterocycles. The van der Waals surface area contributed by atoms with Crippen molar-refractivity contribution in [3.05, 3.63) is 48.2 Å². The molecule has 0 saturated heterocycles. The molecule has 0 aliphatic rings. The molecule has 2 rings (SSSR count). The molecule has 1 atom stereocenters. The van der Waals surface area contributed by atoms with Crippen molar-refractivity contribution in [2.45, 2.75) is 25.8 Å². The molecule has 1 unspecified atom stereocenters. The molecule has 1 amide bonds. The van der Waals surface area contributed by atoms with E-state index < -0.39 is 0 Å². The Hall–Kier alpha value is -2.27. The minimum Gasteiger partial charge on any atom is -0.426 e. The molecular weight excluding hydrogens is 270 g/mol. The number of furan rings is 1. The Balaban J connectivity index is 1.91. The van der Waals surface area contributed by atoms with Gasteiger partial charge in [0.25, 0.3) is 11.9 Å². The molecule has 2 N–H and O–H groups in total. The van der Waals surface area contributed by atoms with Crippen molar-refractivity contribution in [1.29, 1.82) is 0 Å². The molecule has 112 valence electrons. The van der Waals surface area contributed by atoms with Gasteiger partial charge in [-0.25, -0.2) is 0 Å². The summed E-state index contributed by atoms with van der Waals surface area (Å²) in [6.45, 7) is 2.01. The number of aliphatic hydroxyl groups is 1. The van der Waals surface area contributed by atoms with Crippen molar-refractivity contribution in [3.63, 3.8) is 0 Å². The van der Waals surface area contributed by atoms with E-state index in [0.717, 1.165) is 6.42 Å². The molecule has 0 radical (unpaired) electrons. The molecule has 0 saturated carbocycles. The van der Waals surface area contributed by atoms with E-state index in [-0.39, 0.29) is 30.3 Å². The highest BCUT2D eigenvalue weighted by Crippen LogP contribution is 2.23. The highest BCUT2D eigenvalue weighted by molar-refractivity contribution is 5.91. The third-order valence-corrected chi connectivity index (χ3v) is 2.94. The largest absolute Gasteiger partial charge is 0.426 e. The fourth-order valence-electron chi connectivity index (χ4n) is 1.87. The van der Waals surface area contributed by atoms with Crippen LogP contribution in [0.2, 0.25) is 0 Å². The summed E-state index contributed by atoms with van der Waals surface area (Å²) in [7, 11) is 0. The predicted octanol–water partition coefficient (Wildman–Crippen LogP) is 2.96. The lowest BCUT2D eigenvalue weighted by atomic mass is 10.2. The van der Waals surface area contributed by atoms with E-state index in [1.807, 2.05) is 25.1 Å². The molecular formula is C16H19NO4. The third-order valence-electron chi connectivity index (χ3n) is 2.94. The van der Waals surface area contributed by atoms with Crippen LogP contribution in [-0.4, -0.2) is 23.7 Å². The van der Waals surface area contributed by atoms with Crippen molar-refractivity contribution in [2.75, 3.05) is 6.61 Å². The van der Waals surface area contributed by atoms with Crippen molar-refractivity contribution in [2.24, 2.45) is 0 Å². The van der Waals surface area contributed by atoms with Gasteiger partial charge in [0.2, 0.25) is 0 Å². The van der Waals surface area contributed by atoms with Gasteiger partial charge in [-0.3, -0.25) is 4.79 Å². The molecule has 5 heteroatoms. The first kappa shape index (κ1) is 15.1. The van der Waals surface area contributed by atoms with Gasteiger partial charge >= 0.3 is 0 Å². The maximum Gasteiger partial charge on any atom is 0.290 e. The zero-order valence-corrected chi connectivity index (χ0v) is 11.9. The van der Waals surface area contributed by atoms with Crippen LogP contribution in [0.25, 0.3) is 0 Å². The maximum absolute atomic E-state index is 12.0. The van der Waals surface area contributed by atoms with E-state index in [1.54, 1.807) is 24.3 Å². The van der Waals surface area contributed by atoms with Crippen LogP contribution in [0.3, 0.4) is 0 Å². The summed E-state index contributed by atoms with van der Waals surface area (Å²) >= 11 is 0. The number of benzene rings is 1. The smallest absolute Gasteiger partial charge is 0.290 e. The van der Waals surface area contributed by atoms with E-state index in [1.165, 1.54) is 0 Å². The molecule has 2 aromatic rings. The lowest BCUT2D eigenvalue weighted by molar-refractivity contribution is 0.0903. The van der Waals surface area contributed by atoms with E-state index in [0.29, 0.717) is 12.2 Å². The van der Waals surface area contributed by atoms with Gasteiger partial charge < -0.3 is 19.6 Å². The van der Waals surface area contributed by atoms with Crippen LogP contribution in [0.5, 0.6) is 11.7 Å². The average Bonchev–Trinajstić information content (AvgIpc) is 2.95. The molecule has 0 aliphatic carbocycles. The lowest BCUT2D eigenvalue weighted by Gasteiger charge is -2.11. The summed E-state index contributed by atoms with van der Waals surface area (Å²) in [5.74, 6) is 0.838. The number of hydrogen-bond acceptors (Lipinski definition) is 4. The third kappa shape index (κ3) is 4.65.